The van der Waals surface area contributed by atoms with Crippen molar-refractivity contribution in [3.63, 3.8) is 0 Å². The molecule has 27 heavy (non-hydrogen) atoms. The molecule has 0 amide bonds. The highest BCUT2D eigenvalue weighted by molar-refractivity contribution is 9.10. The van der Waals surface area contributed by atoms with Crippen LogP contribution in [0.2, 0.25) is 0 Å². The van der Waals surface area contributed by atoms with Crippen LogP contribution in [0.5, 0.6) is 5.88 Å². The first-order chi connectivity index (χ1) is 13.0. The van der Waals surface area contributed by atoms with E-state index in [1.54, 1.807) is 6.92 Å². The molecule has 1 heterocycles. The first-order valence-corrected chi connectivity index (χ1v) is 9.00. The van der Waals surface area contributed by atoms with Crippen LogP contribution in [0.3, 0.4) is 0 Å². The van der Waals surface area contributed by atoms with Crippen molar-refractivity contribution in [3.05, 3.63) is 91.7 Å². The van der Waals surface area contributed by atoms with Gasteiger partial charge in [-0.25, -0.2) is 0 Å². The lowest BCUT2D eigenvalue weighted by atomic mass is 10.1. The van der Waals surface area contributed by atoms with E-state index in [2.05, 4.69) is 20.9 Å². The van der Waals surface area contributed by atoms with Crippen LogP contribution >= 0.6 is 15.9 Å². The van der Waals surface area contributed by atoms with Gasteiger partial charge in [-0.15, -0.1) is 0 Å². The van der Waals surface area contributed by atoms with Crippen LogP contribution in [0.15, 0.2) is 68.9 Å². The number of rotatable bonds is 4. The lowest BCUT2D eigenvalue weighted by molar-refractivity contribution is 0.413. The maximum absolute atomic E-state index is 12.6. The Kier molecular flexibility index (Phi) is 5.53. The molecule has 0 unspecified atom stereocenters. The number of aliphatic imine (C=N–C) groups is 1. The van der Waals surface area contributed by atoms with Crippen LogP contribution in [-0.2, 0) is 6.54 Å². The molecule has 0 saturated carbocycles. The van der Waals surface area contributed by atoms with Crippen molar-refractivity contribution in [2.45, 2.75) is 13.5 Å². The number of hydrogen-bond donors (Lipinski definition) is 1. The Labute approximate surface area is 165 Å². The van der Waals surface area contributed by atoms with Gasteiger partial charge in [-0.05, 0) is 36.2 Å². The Balaban J connectivity index is 2.12. The summed E-state index contributed by atoms with van der Waals surface area (Å²) in [6, 6.07) is 18.6. The van der Waals surface area contributed by atoms with Gasteiger partial charge in [0.05, 0.1) is 17.8 Å². The number of pyridine rings is 1. The maximum atomic E-state index is 12.6. The minimum Gasteiger partial charge on any atom is -0.494 e. The second-order valence-electron chi connectivity index (χ2n) is 5.96. The van der Waals surface area contributed by atoms with E-state index < -0.39 is 5.56 Å². The van der Waals surface area contributed by atoms with Crippen LogP contribution in [0.1, 0.15) is 22.3 Å². The molecule has 1 aromatic heterocycles. The van der Waals surface area contributed by atoms with Gasteiger partial charge in [0.25, 0.3) is 5.56 Å². The molecule has 0 radical (unpaired) electrons. The Morgan fingerprint density at radius 2 is 1.96 bits per heavy atom. The normalized spacial score (nSPS) is 10.9. The van der Waals surface area contributed by atoms with Gasteiger partial charge in [-0.3, -0.25) is 14.4 Å². The van der Waals surface area contributed by atoms with E-state index in [-0.39, 0.29) is 18.0 Å². The molecule has 0 aliphatic heterocycles. The second kappa shape index (κ2) is 8.02. The summed E-state index contributed by atoms with van der Waals surface area (Å²) in [5.41, 5.74) is 1.76. The average Bonchev–Trinajstić information content (AvgIpc) is 2.66. The third kappa shape index (κ3) is 3.99. The van der Waals surface area contributed by atoms with Gasteiger partial charge in [0, 0.05) is 10.7 Å². The molecular formula is C21H16BrN3O2. The van der Waals surface area contributed by atoms with E-state index in [1.807, 2.05) is 60.7 Å². The van der Waals surface area contributed by atoms with Crippen LogP contribution in [-0.4, -0.2) is 15.9 Å². The van der Waals surface area contributed by atoms with E-state index in [4.69, 9.17) is 0 Å². The standard InChI is InChI=1S/C21H16BrN3O2/c1-14-18(11-23)20(26)25(13-15-6-3-2-4-7-15)21(27)19(14)12-24-17-9-5-8-16(22)10-17/h2-10,12,27H,13H2,1H3. The number of aromatic nitrogens is 1. The van der Waals surface area contributed by atoms with Crippen molar-refractivity contribution in [1.82, 2.24) is 4.57 Å². The van der Waals surface area contributed by atoms with Crippen molar-refractivity contribution >= 4 is 27.8 Å². The molecule has 134 valence electrons. The Morgan fingerprint density at radius 1 is 1.22 bits per heavy atom. The van der Waals surface area contributed by atoms with Gasteiger partial charge in [0.1, 0.15) is 11.6 Å². The molecule has 2 aromatic carbocycles. The fraction of sp³-hybridized carbons (Fsp3) is 0.0952. The second-order valence-corrected chi connectivity index (χ2v) is 6.88. The van der Waals surface area contributed by atoms with Crippen LogP contribution in [0, 0.1) is 18.3 Å². The Morgan fingerprint density at radius 3 is 2.63 bits per heavy atom. The van der Waals surface area contributed by atoms with Crippen LogP contribution in [0.4, 0.5) is 5.69 Å². The maximum Gasteiger partial charge on any atom is 0.271 e. The summed E-state index contributed by atoms with van der Waals surface area (Å²) in [4.78, 5) is 17.0. The molecular weight excluding hydrogens is 406 g/mol. The highest BCUT2D eigenvalue weighted by Gasteiger charge is 2.18. The van der Waals surface area contributed by atoms with Crippen LogP contribution in [0.25, 0.3) is 0 Å². The fourth-order valence-corrected chi connectivity index (χ4v) is 3.12. The molecule has 0 aliphatic carbocycles. The highest BCUT2D eigenvalue weighted by atomic mass is 79.9. The summed E-state index contributed by atoms with van der Waals surface area (Å²) in [6.45, 7) is 1.80. The van der Waals surface area contributed by atoms with E-state index in [0.29, 0.717) is 16.8 Å². The average molecular weight is 422 g/mol. The highest BCUT2D eigenvalue weighted by Crippen LogP contribution is 2.23. The summed E-state index contributed by atoms with van der Waals surface area (Å²) in [6.07, 6.45) is 1.48. The van der Waals surface area contributed by atoms with Gasteiger partial charge < -0.3 is 5.11 Å². The molecule has 6 heteroatoms. The molecule has 0 saturated heterocycles. The fourth-order valence-electron chi connectivity index (χ4n) is 2.73. The molecule has 0 atom stereocenters. The van der Waals surface area contributed by atoms with Gasteiger partial charge in [0.15, 0.2) is 0 Å². The largest absolute Gasteiger partial charge is 0.494 e. The summed E-state index contributed by atoms with van der Waals surface area (Å²) < 4.78 is 2.08. The number of hydrogen-bond acceptors (Lipinski definition) is 4. The quantitative estimate of drug-likeness (QED) is 0.637. The first kappa shape index (κ1) is 18.6. The van der Waals surface area contributed by atoms with Gasteiger partial charge >= 0.3 is 0 Å². The Bertz CT molecular complexity index is 1110. The van der Waals surface area contributed by atoms with Gasteiger partial charge in [-0.2, -0.15) is 5.26 Å². The molecule has 0 fully saturated rings. The molecule has 0 aliphatic rings. The van der Waals surface area contributed by atoms with Crippen molar-refractivity contribution in [2.24, 2.45) is 4.99 Å². The van der Waals surface area contributed by atoms with Gasteiger partial charge in [-0.1, -0.05) is 52.3 Å². The molecule has 0 spiro atoms. The number of halogens is 1. The topological polar surface area (TPSA) is 78.4 Å². The van der Waals surface area contributed by atoms with E-state index >= 15 is 0 Å². The van der Waals surface area contributed by atoms with E-state index in [0.717, 1.165) is 10.0 Å². The van der Waals surface area contributed by atoms with Crippen molar-refractivity contribution in [3.8, 4) is 11.9 Å². The van der Waals surface area contributed by atoms with E-state index in [1.165, 1.54) is 10.8 Å². The van der Waals surface area contributed by atoms with E-state index in [9.17, 15) is 15.2 Å². The zero-order valence-corrected chi connectivity index (χ0v) is 16.1. The molecule has 3 rings (SSSR count). The number of benzene rings is 2. The monoisotopic (exact) mass is 421 g/mol. The first-order valence-electron chi connectivity index (χ1n) is 8.21. The predicted octanol–water partition coefficient (Wildman–Crippen LogP) is 4.30. The summed E-state index contributed by atoms with van der Waals surface area (Å²) in [5.74, 6) is -0.209. The predicted molar refractivity (Wildman–Crippen MR) is 109 cm³/mol. The third-order valence-electron chi connectivity index (χ3n) is 4.18. The van der Waals surface area contributed by atoms with Gasteiger partial charge in [0.2, 0.25) is 5.88 Å². The van der Waals surface area contributed by atoms with Crippen LogP contribution < -0.4 is 5.56 Å². The smallest absolute Gasteiger partial charge is 0.271 e. The number of aromatic hydroxyl groups is 1. The molecule has 5 nitrogen and oxygen atoms in total. The summed E-state index contributed by atoms with van der Waals surface area (Å²) >= 11 is 3.39. The third-order valence-corrected chi connectivity index (χ3v) is 4.67. The SMILES string of the molecule is Cc1c(C=Nc2cccc(Br)c2)c(O)n(Cc2ccccc2)c(=O)c1C#N. The summed E-state index contributed by atoms with van der Waals surface area (Å²) in [7, 11) is 0. The minimum absolute atomic E-state index is 0.000534. The summed E-state index contributed by atoms with van der Waals surface area (Å²) in [5, 5.41) is 20.1. The number of nitrogens with zero attached hydrogens (tertiary/aromatic N) is 3. The van der Waals surface area contributed by atoms with Crippen molar-refractivity contribution in [1.29, 1.82) is 5.26 Å². The molecule has 0 bridgehead atoms. The molecule has 3 aromatic rings. The van der Waals surface area contributed by atoms with Crippen molar-refractivity contribution < 1.29 is 5.11 Å². The zero-order valence-electron chi connectivity index (χ0n) is 14.6. The molecule has 1 N–H and O–H groups in total. The van der Waals surface area contributed by atoms with Crippen molar-refractivity contribution in [2.75, 3.05) is 0 Å². The zero-order chi connectivity index (χ0) is 19.4. The number of nitriles is 1. The lowest BCUT2D eigenvalue weighted by Crippen LogP contribution is -2.25. The minimum atomic E-state index is -0.518. The Hall–Kier alpha value is -3.17. The lowest BCUT2D eigenvalue weighted by Gasteiger charge is -2.14.